The molecule has 0 radical (unpaired) electrons. The van der Waals surface area contributed by atoms with Crippen LogP contribution in [0.3, 0.4) is 0 Å². The largest absolute Gasteiger partial charge is 0.442 e. The number of aryl methyl sites for hydroxylation is 2. The summed E-state index contributed by atoms with van der Waals surface area (Å²) in [6.07, 6.45) is 5.79. The third kappa shape index (κ3) is 2.29. The Labute approximate surface area is 137 Å². The second-order valence-electron chi connectivity index (χ2n) is 6.08. The number of carbonyl (C=O) groups is 1. The summed E-state index contributed by atoms with van der Waals surface area (Å²) in [5.41, 5.74) is 1.28. The minimum atomic E-state index is -0.298. The van der Waals surface area contributed by atoms with Crippen molar-refractivity contribution in [1.29, 1.82) is 0 Å². The molecule has 1 aliphatic rings. The maximum atomic E-state index is 12.7. The van der Waals surface area contributed by atoms with Crippen LogP contribution in [0, 0.1) is 6.92 Å². The zero-order valence-electron chi connectivity index (χ0n) is 13.3. The molecule has 0 spiro atoms. The van der Waals surface area contributed by atoms with Gasteiger partial charge in [0.2, 0.25) is 5.71 Å². The van der Waals surface area contributed by atoms with E-state index in [9.17, 15) is 9.59 Å². The molecule has 0 saturated heterocycles. The van der Waals surface area contributed by atoms with Gasteiger partial charge < -0.3 is 14.3 Å². The van der Waals surface area contributed by atoms with E-state index >= 15 is 0 Å². The van der Waals surface area contributed by atoms with Gasteiger partial charge in [-0.25, -0.2) is 4.98 Å². The maximum absolute atomic E-state index is 12.7. The highest BCUT2D eigenvalue weighted by atomic mass is 16.3. The van der Waals surface area contributed by atoms with Gasteiger partial charge >= 0.3 is 0 Å². The van der Waals surface area contributed by atoms with Crippen molar-refractivity contribution in [3.63, 3.8) is 0 Å². The first-order valence-electron chi connectivity index (χ1n) is 7.71. The molecule has 0 bridgehead atoms. The molecule has 122 valence electrons. The number of pyridine rings is 1. The van der Waals surface area contributed by atoms with Crippen molar-refractivity contribution in [3.8, 4) is 0 Å². The highest BCUT2D eigenvalue weighted by Crippen LogP contribution is 2.40. The van der Waals surface area contributed by atoms with Crippen LogP contribution in [0.5, 0.6) is 0 Å². The number of carbonyl (C=O) groups excluding carboxylic acids is 1. The van der Waals surface area contributed by atoms with Crippen molar-refractivity contribution in [1.82, 2.24) is 19.9 Å². The number of nitrogens with zero attached hydrogens (tertiary/aromatic N) is 3. The number of hydrogen-bond acceptors (Lipinski definition) is 5. The Hall–Kier alpha value is -2.96. The normalized spacial score (nSPS) is 19.4. The predicted octanol–water partition coefficient (Wildman–Crippen LogP) is 1.52. The molecular formula is C17H16N4O3. The van der Waals surface area contributed by atoms with Gasteiger partial charge in [0.25, 0.3) is 11.5 Å². The highest BCUT2D eigenvalue weighted by Gasteiger charge is 2.40. The molecule has 1 fully saturated rings. The Morgan fingerprint density at radius 2 is 2.29 bits per heavy atom. The number of nitrogens with one attached hydrogen (secondary N) is 1. The summed E-state index contributed by atoms with van der Waals surface area (Å²) in [5, 5.41) is 3.21. The van der Waals surface area contributed by atoms with Gasteiger partial charge in [0.15, 0.2) is 0 Å². The monoisotopic (exact) mass is 324 g/mol. The molecule has 1 saturated carbocycles. The van der Waals surface area contributed by atoms with Crippen molar-refractivity contribution in [3.05, 3.63) is 58.1 Å². The van der Waals surface area contributed by atoms with Crippen molar-refractivity contribution in [2.75, 3.05) is 0 Å². The molecule has 24 heavy (non-hydrogen) atoms. The number of hydrogen-bond donors (Lipinski definition) is 1. The van der Waals surface area contributed by atoms with Gasteiger partial charge in [0, 0.05) is 31.4 Å². The summed E-state index contributed by atoms with van der Waals surface area (Å²) in [6.45, 7) is 1.67. The second kappa shape index (κ2) is 5.30. The van der Waals surface area contributed by atoms with Crippen LogP contribution in [0.2, 0.25) is 0 Å². The smallest absolute Gasteiger partial charge is 0.265 e. The minimum Gasteiger partial charge on any atom is -0.442 e. The van der Waals surface area contributed by atoms with Crippen LogP contribution >= 0.6 is 0 Å². The Morgan fingerprint density at radius 3 is 3.04 bits per heavy atom. The first-order valence-corrected chi connectivity index (χ1v) is 7.71. The van der Waals surface area contributed by atoms with Crippen LogP contribution in [0.15, 0.2) is 40.1 Å². The molecule has 3 heterocycles. The molecule has 7 nitrogen and oxygen atoms in total. The number of rotatable bonds is 3. The summed E-state index contributed by atoms with van der Waals surface area (Å²) < 4.78 is 6.81. The zero-order chi connectivity index (χ0) is 16.8. The van der Waals surface area contributed by atoms with E-state index in [1.807, 2.05) is 18.3 Å². The topological polar surface area (TPSA) is 90.0 Å². The van der Waals surface area contributed by atoms with E-state index in [1.54, 1.807) is 20.2 Å². The van der Waals surface area contributed by atoms with Crippen LogP contribution < -0.4 is 10.9 Å². The summed E-state index contributed by atoms with van der Waals surface area (Å²) in [7, 11) is 1.60. The summed E-state index contributed by atoms with van der Waals surface area (Å²) >= 11 is 0. The Bertz CT molecular complexity index is 990. The van der Waals surface area contributed by atoms with Crippen molar-refractivity contribution < 1.29 is 9.21 Å². The first kappa shape index (κ1) is 14.6. The third-order valence-electron chi connectivity index (χ3n) is 4.39. The molecule has 0 unspecified atom stereocenters. The molecule has 3 aromatic heterocycles. The number of aromatic nitrogens is 3. The number of amides is 1. The minimum absolute atomic E-state index is 0.0478. The van der Waals surface area contributed by atoms with Gasteiger partial charge in [-0.1, -0.05) is 6.07 Å². The van der Waals surface area contributed by atoms with Gasteiger partial charge in [0.05, 0.1) is 5.56 Å². The lowest BCUT2D eigenvalue weighted by Gasteiger charge is -2.04. The molecular weight excluding hydrogens is 308 g/mol. The van der Waals surface area contributed by atoms with Crippen molar-refractivity contribution in [2.45, 2.75) is 25.3 Å². The molecule has 1 aliphatic carbocycles. The Balaban J connectivity index is 1.62. The fourth-order valence-corrected chi connectivity index (χ4v) is 3.02. The lowest BCUT2D eigenvalue weighted by Crippen LogP contribution is -2.28. The average Bonchev–Trinajstić information content (AvgIpc) is 3.25. The van der Waals surface area contributed by atoms with E-state index in [-0.39, 0.29) is 40.1 Å². The van der Waals surface area contributed by atoms with Crippen LogP contribution in [0.4, 0.5) is 0 Å². The van der Waals surface area contributed by atoms with E-state index in [1.165, 1.54) is 10.9 Å². The van der Waals surface area contributed by atoms with Gasteiger partial charge in [-0.05, 0) is 25.0 Å². The number of furan rings is 1. The summed E-state index contributed by atoms with van der Waals surface area (Å²) in [4.78, 5) is 33.2. The molecule has 7 heteroatoms. The molecule has 1 N–H and O–H groups in total. The lowest BCUT2D eigenvalue weighted by atomic mass is 10.1. The molecule has 2 atom stereocenters. The lowest BCUT2D eigenvalue weighted by molar-refractivity contribution is 0.0950. The predicted molar refractivity (Wildman–Crippen MR) is 86.8 cm³/mol. The summed E-state index contributed by atoms with van der Waals surface area (Å²) in [5.74, 6) is 0.367. The fourth-order valence-electron chi connectivity index (χ4n) is 3.02. The van der Waals surface area contributed by atoms with E-state index < -0.39 is 0 Å². The van der Waals surface area contributed by atoms with Gasteiger partial charge in [-0.15, -0.1) is 0 Å². The average molecular weight is 324 g/mol. The molecule has 0 aliphatic heterocycles. The zero-order valence-corrected chi connectivity index (χ0v) is 13.3. The van der Waals surface area contributed by atoms with E-state index in [0.29, 0.717) is 5.76 Å². The SMILES string of the molecule is Cc1oc2ncn(C)c(=O)c2c1C(=O)N[C@H]1C[C@@H]1c1cccnc1. The van der Waals surface area contributed by atoms with Crippen molar-refractivity contribution in [2.24, 2.45) is 7.05 Å². The number of fused-ring (bicyclic) bond motifs is 1. The second-order valence-corrected chi connectivity index (χ2v) is 6.08. The van der Waals surface area contributed by atoms with Gasteiger partial charge in [-0.3, -0.25) is 14.6 Å². The molecule has 3 aromatic rings. The summed E-state index contributed by atoms with van der Waals surface area (Å²) in [6, 6.07) is 3.93. The van der Waals surface area contributed by atoms with Crippen LogP contribution in [0.25, 0.3) is 11.1 Å². The van der Waals surface area contributed by atoms with E-state index in [0.717, 1.165) is 12.0 Å². The quantitative estimate of drug-likeness (QED) is 0.789. The first-order chi connectivity index (χ1) is 11.6. The molecule has 1 amide bonds. The Kier molecular flexibility index (Phi) is 3.23. The molecule has 0 aromatic carbocycles. The highest BCUT2D eigenvalue weighted by molar-refractivity contribution is 6.06. The maximum Gasteiger partial charge on any atom is 0.265 e. The Morgan fingerprint density at radius 1 is 1.46 bits per heavy atom. The standard InChI is InChI=1S/C17H16N4O3/c1-9-13(14-16(24-9)19-8-21(2)17(14)23)15(22)20-12-6-11(12)10-4-3-5-18-7-10/h3-5,7-8,11-12H,6H2,1-2H3,(H,20,22)/t11-,12+/m1/s1. The van der Waals surface area contributed by atoms with Crippen LogP contribution in [-0.4, -0.2) is 26.5 Å². The van der Waals surface area contributed by atoms with E-state index in [2.05, 4.69) is 15.3 Å². The van der Waals surface area contributed by atoms with Crippen molar-refractivity contribution >= 4 is 17.0 Å². The molecule has 4 rings (SSSR count). The van der Waals surface area contributed by atoms with Crippen LogP contribution in [0.1, 0.15) is 34.0 Å². The third-order valence-corrected chi connectivity index (χ3v) is 4.39. The van der Waals surface area contributed by atoms with E-state index in [4.69, 9.17) is 4.42 Å². The van der Waals surface area contributed by atoms with Crippen LogP contribution in [-0.2, 0) is 7.05 Å². The fraction of sp³-hybridized carbons (Fsp3) is 0.294. The van der Waals surface area contributed by atoms with Gasteiger partial charge in [-0.2, -0.15) is 0 Å². The van der Waals surface area contributed by atoms with Gasteiger partial charge in [0.1, 0.15) is 17.5 Å².